The molecule has 3 heteroatoms. The van der Waals surface area contributed by atoms with Gasteiger partial charge in [0.25, 0.3) is 0 Å². The van der Waals surface area contributed by atoms with Crippen molar-refractivity contribution in [2.24, 2.45) is 28.6 Å². The number of aliphatic hydroxyl groups excluding tert-OH is 1. The summed E-state index contributed by atoms with van der Waals surface area (Å²) < 4.78 is 5.92. The third-order valence-corrected chi connectivity index (χ3v) is 7.49. The molecule has 0 bridgehead atoms. The maximum Gasteiger partial charge on any atom is 0.0677 e. The molecule has 6 atom stereocenters. The maximum absolute atomic E-state index is 11.3. The van der Waals surface area contributed by atoms with Crippen LogP contribution in [0.15, 0.2) is 0 Å². The molecule has 0 spiro atoms. The van der Waals surface area contributed by atoms with Gasteiger partial charge in [0, 0.05) is 20.1 Å². The molecule has 0 saturated heterocycles. The highest BCUT2D eigenvalue weighted by Gasteiger charge is 2.61. The Bertz CT molecular complexity index is 417. The maximum atomic E-state index is 11.3. The lowest BCUT2D eigenvalue weighted by atomic mass is 9.44. The fourth-order valence-corrected chi connectivity index (χ4v) is 6.50. The molecule has 0 unspecified atom stereocenters. The van der Waals surface area contributed by atoms with Gasteiger partial charge >= 0.3 is 0 Å². The average Bonchev–Trinajstić information content (AvgIpc) is 2.44. The van der Waals surface area contributed by atoms with Crippen molar-refractivity contribution in [3.05, 3.63) is 0 Å². The van der Waals surface area contributed by atoms with Gasteiger partial charge in [0.1, 0.15) is 0 Å². The second-order valence-corrected chi connectivity index (χ2v) is 9.91. The molecular weight excluding hydrogens is 300 g/mol. The van der Waals surface area contributed by atoms with Crippen LogP contribution in [0, 0.1) is 28.6 Å². The molecule has 0 amide bonds. The van der Waals surface area contributed by atoms with Gasteiger partial charge in [-0.25, -0.2) is 0 Å². The Morgan fingerprint density at radius 2 is 1.79 bits per heavy atom. The van der Waals surface area contributed by atoms with Gasteiger partial charge in [0.05, 0.1) is 11.7 Å². The van der Waals surface area contributed by atoms with E-state index in [4.69, 9.17) is 4.74 Å². The summed E-state index contributed by atoms with van der Waals surface area (Å²) in [5.74, 6) is 1.33. The standard InChI is InChI=1S/C21H40O3/c1-15(10-13-22)8-9-17-20(4)12-7-11-19(2,3)18(20)16(24-6)14-21(17,5)23/h15-18,22-23H,7-14H2,1-6H3/t15-,16+,17+,18-,20+,21+/m0/s1. The van der Waals surface area contributed by atoms with Crippen LogP contribution in [-0.4, -0.2) is 35.6 Å². The molecule has 24 heavy (non-hydrogen) atoms. The van der Waals surface area contributed by atoms with Gasteiger partial charge in [-0.15, -0.1) is 0 Å². The van der Waals surface area contributed by atoms with E-state index in [1.807, 2.05) is 14.0 Å². The summed E-state index contributed by atoms with van der Waals surface area (Å²) in [6.45, 7) is 11.7. The van der Waals surface area contributed by atoms with Gasteiger partial charge in [-0.3, -0.25) is 0 Å². The fraction of sp³-hybridized carbons (Fsp3) is 1.00. The van der Waals surface area contributed by atoms with Crippen LogP contribution in [0.1, 0.15) is 79.6 Å². The first-order chi connectivity index (χ1) is 11.1. The SMILES string of the molecule is CO[C@@H]1C[C@@](C)(O)[C@H](CC[C@H](C)CCO)[C@@]2(C)CCCC(C)(C)[C@H]12. The van der Waals surface area contributed by atoms with E-state index < -0.39 is 5.60 Å². The molecule has 0 aromatic heterocycles. The van der Waals surface area contributed by atoms with Gasteiger partial charge in [0.15, 0.2) is 0 Å². The summed E-state index contributed by atoms with van der Waals surface area (Å²) in [5.41, 5.74) is -0.277. The second kappa shape index (κ2) is 7.25. The lowest BCUT2D eigenvalue weighted by Gasteiger charge is -2.63. The lowest BCUT2D eigenvalue weighted by Crippen LogP contribution is -2.63. The van der Waals surface area contributed by atoms with Crippen LogP contribution in [0.3, 0.4) is 0 Å². The third kappa shape index (κ3) is 3.68. The molecule has 0 heterocycles. The molecule has 0 aromatic rings. The first-order valence-electron chi connectivity index (χ1n) is 9.94. The zero-order chi connectivity index (χ0) is 18.2. The van der Waals surface area contributed by atoms with Crippen molar-refractivity contribution in [3.63, 3.8) is 0 Å². The monoisotopic (exact) mass is 340 g/mol. The van der Waals surface area contributed by atoms with Crippen LogP contribution in [0.4, 0.5) is 0 Å². The number of rotatable bonds is 6. The minimum Gasteiger partial charge on any atom is -0.396 e. The van der Waals surface area contributed by atoms with Gasteiger partial charge in [-0.1, -0.05) is 40.5 Å². The van der Waals surface area contributed by atoms with Crippen LogP contribution in [0.5, 0.6) is 0 Å². The molecule has 2 N–H and O–H groups in total. The number of fused-ring (bicyclic) bond motifs is 1. The number of ether oxygens (including phenoxy) is 1. The van der Waals surface area contributed by atoms with Gasteiger partial charge in [-0.05, 0) is 61.2 Å². The van der Waals surface area contributed by atoms with Crippen molar-refractivity contribution in [2.75, 3.05) is 13.7 Å². The number of hydrogen-bond donors (Lipinski definition) is 2. The normalized spacial score (nSPS) is 43.2. The summed E-state index contributed by atoms with van der Waals surface area (Å²) in [5, 5.41) is 20.5. The van der Waals surface area contributed by atoms with E-state index in [1.165, 1.54) is 19.3 Å². The highest BCUT2D eigenvalue weighted by atomic mass is 16.5. The Hall–Kier alpha value is -0.120. The predicted molar refractivity (Wildman–Crippen MR) is 98.9 cm³/mol. The Kier molecular flexibility index (Phi) is 6.10. The largest absolute Gasteiger partial charge is 0.396 e. The third-order valence-electron chi connectivity index (χ3n) is 7.49. The van der Waals surface area contributed by atoms with E-state index in [1.54, 1.807) is 0 Å². The molecular formula is C21H40O3. The summed E-state index contributed by atoms with van der Waals surface area (Å²) in [6.07, 6.45) is 7.57. The van der Waals surface area contributed by atoms with Gasteiger partial charge in [-0.2, -0.15) is 0 Å². The van der Waals surface area contributed by atoms with E-state index >= 15 is 0 Å². The quantitative estimate of drug-likeness (QED) is 0.753. The molecule has 0 aliphatic heterocycles. The summed E-state index contributed by atoms with van der Waals surface area (Å²) in [6, 6.07) is 0. The Morgan fingerprint density at radius 1 is 1.12 bits per heavy atom. The predicted octanol–water partition coefficient (Wildman–Crippen LogP) is 4.40. The Labute approximate surface area is 149 Å². The minimum atomic E-state index is -0.668. The smallest absolute Gasteiger partial charge is 0.0677 e. The highest BCUT2D eigenvalue weighted by molar-refractivity contribution is 5.10. The highest BCUT2D eigenvalue weighted by Crippen LogP contribution is 2.63. The van der Waals surface area contributed by atoms with E-state index in [9.17, 15) is 10.2 Å². The molecule has 0 aromatic carbocycles. The van der Waals surface area contributed by atoms with Crippen molar-refractivity contribution < 1.29 is 14.9 Å². The van der Waals surface area contributed by atoms with E-state index in [2.05, 4.69) is 27.7 Å². The molecule has 2 saturated carbocycles. The van der Waals surface area contributed by atoms with Crippen molar-refractivity contribution in [1.29, 1.82) is 0 Å². The molecule has 3 nitrogen and oxygen atoms in total. The molecule has 142 valence electrons. The number of hydrogen-bond acceptors (Lipinski definition) is 3. The van der Waals surface area contributed by atoms with Crippen LogP contribution in [0.2, 0.25) is 0 Å². The molecule has 0 radical (unpaired) electrons. The summed E-state index contributed by atoms with van der Waals surface area (Å²) in [4.78, 5) is 0. The topological polar surface area (TPSA) is 49.7 Å². The van der Waals surface area contributed by atoms with Crippen LogP contribution in [0.25, 0.3) is 0 Å². The summed E-state index contributed by atoms with van der Waals surface area (Å²) >= 11 is 0. The van der Waals surface area contributed by atoms with E-state index in [0.717, 1.165) is 25.7 Å². The van der Waals surface area contributed by atoms with Crippen LogP contribution >= 0.6 is 0 Å². The number of aliphatic hydroxyl groups is 2. The van der Waals surface area contributed by atoms with Gasteiger partial charge < -0.3 is 14.9 Å². The molecule has 2 rings (SSSR count). The molecule has 2 aliphatic rings. The summed E-state index contributed by atoms with van der Waals surface area (Å²) in [7, 11) is 1.81. The number of methoxy groups -OCH3 is 1. The first kappa shape index (κ1) is 20.2. The molecule has 2 aliphatic carbocycles. The van der Waals surface area contributed by atoms with Crippen molar-refractivity contribution in [1.82, 2.24) is 0 Å². The minimum absolute atomic E-state index is 0.128. The zero-order valence-corrected chi connectivity index (χ0v) is 16.8. The molecule has 2 fully saturated rings. The van der Waals surface area contributed by atoms with Crippen molar-refractivity contribution >= 4 is 0 Å². The Morgan fingerprint density at radius 3 is 2.38 bits per heavy atom. The zero-order valence-electron chi connectivity index (χ0n) is 16.8. The van der Waals surface area contributed by atoms with Crippen molar-refractivity contribution in [2.45, 2.75) is 91.3 Å². The Balaban J connectivity index is 2.30. The van der Waals surface area contributed by atoms with Crippen LogP contribution in [-0.2, 0) is 4.74 Å². The lowest BCUT2D eigenvalue weighted by molar-refractivity contribution is -0.221. The van der Waals surface area contributed by atoms with Gasteiger partial charge in [0.2, 0.25) is 0 Å². The fourth-order valence-electron chi connectivity index (χ4n) is 6.50. The van der Waals surface area contributed by atoms with Crippen molar-refractivity contribution in [3.8, 4) is 0 Å². The second-order valence-electron chi connectivity index (χ2n) is 9.91. The first-order valence-corrected chi connectivity index (χ1v) is 9.94. The van der Waals surface area contributed by atoms with E-state index in [-0.39, 0.29) is 23.5 Å². The van der Waals surface area contributed by atoms with Crippen LogP contribution < -0.4 is 0 Å². The average molecular weight is 341 g/mol. The van der Waals surface area contributed by atoms with E-state index in [0.29, 0.717) is 17.8 Å².